The van der Waals surface area contributed by atoms with Crippen LogP contribution < -0.4 is 4.74 Å². The first-order valence-electron chi connectivity index (χ1n) is 7.83. The number of rotatable bonds is 5. The van der Waals surface area contributed by atoms with Crippen LogP contribution in [0.4, 0.5) is 0 Å². The van der Waals surface area contributed by atoms with Gasteiger partial charge in [0.25, 0.3) is 0 Å². The van der Waals surface area contributed by atoms with Gasteiger partial charge in [-0.2, -0.15) is 0 Å². The van der Waals surface area contributed by atoms with Crippen LogP contribution in [0.1, 0.15) is 35.3 Å². The molecule has 3 rings (SSSR count). The Morgan fingerprint density at radius 2 is 2.04 bits per heavy atom. The third-order valence-electron chi connectivity index (χ3n) is 3.63. The highest BCUT2D eigenvalue weighted by Gasteiger charge is 2.14. The smallest absolute Gasteiger partial charge is 0.204 e. The molecule has 0 saturated carbocycles. The third-order valence-corrected chi connectivity index (χ3v) is 3.63. The van der Waals surface area contributed by atoms with Crippen molar-refractivity contribution in [1.29, 1.82) is 0 Å². The standard InChI is InChI=1S/C19H19NO3/c21-18(17-5-1-3-13-20-17)12-9-15-7-10-16(11-8-15)23-19-6-2-4-14-22-19/h1,3,5,7-13,19H,2,4,6,14H2/b12-9+. The zero-order valence-corrected chi connectivity index (χ0v) is 12.9. The molecule has 2 heterocycles. The van der Waals surface area contributed by atoms with Crippen LogP contribution in [-0.2, 0) is 4.74 Å². The molecule has 4 nitrogen and oxygen atoms in total. The second kappa shape index (κ2) is 7.70. The second-order valence-electron chi connectivity index (χ2n) is 5.40. The molecule has 0 bridgehead atoms. The van der Waals surface area contributed by atoms with Crippen molar-refractivity contribution in [3.05, 3.63) is 66.0 Å². The van der Waals surface area contributed by atoms with Gasteiger partial charge in [0.15, 0.2) is 6.29 Å². The van der Waals surface area contributed by atoms with Crippen molar-refractivity contribution >= 4 is 11.9 Å². The SMILES string of the molecule is O=C(/C=C/c1ccc(OC2CCCCO2)cc1)c1ccccn1. The number of ketones is 1. The Morgan fingerprint density at radius 1 is 1.17 bits per heavy atom. The molecule has 0 N–H and O–H groups in total. The number of carbonyl (C=O) groups excluding carboxylic acids is 1. The van der Waals surface area contributed by atoms with Gasteiger partial charge in [-0.05, 0) is 48.7 Å². The fraction of sp³-hybridized carbons (Fsp3) is 0.263. The first-order chi connectivity index (χ1) is 11.3. The van der Waals surface area contributed by atoms with Crippen molar-refractivity contribution in [2.24, 2.45) is 0 Å². The van der Waals surface area contributed by atoms with Crippen LogP contribution in [-0.4, -0.2) is 23.7 Å². The molecule has 1 aromatic heterocycles. The lowest BCUT2D eigenvalue weighted by Crippen LogP contribution is -2.24. The number of allylic oxidation sites excluding steroid dienone is 1. The molecule has 1 aliphatic rings. The average Bonchev–Trinajstić information content (AvgIpc) is 2.62. The van der Waals surface area contributed by atoms with Crippen molar-refractivity contribution in [2.45, 2.75) is 25.6 Å². The van der Waals surface area contributed by atoms with Crippen LogP contribution in [0.3, 0.4) is 0 Å². The Morgan fingerprint density at radius 3 is 2.74 bits per heavy atom. The van der Waals surface area contributed by atoms with Crippen molar-refractivity contribution < 1.29 is 14.3 Å². The zero-order valence-electron chi connectivity index (χ0n) is 12.9. The summed E-state index contributed by atoms with van der Waals surface area (Å²) in [5, 5.41) is 0. The zero-order chi connectivity index (χ0) is 15.9. The summed E-state index contributed by atoms with van der Waals surface area (Å²) in [6.45, 7) is 0.765. The summed E-state index contributed by atoms with van der Waals surface area (Å²) in [5.41, 5.74) is 1.38. The monoisotopic (exact) mass is 309 g/mol. The van der Waals surface area contributed by atoms with Gasteiger partial charge in [0.2, 0.25) is 5.78 Å². The molecule has 1 aromatic carbocycles. The lowest BCUT2D eigenvalue weighted by atomic mass is 10.1. The fourth-order valence-electron chi connectivity index (χ4n) is 2.38. The summed E-state index contributed by atoms with van der Waals surface area (Å²) < 4.78 is 11.3. The average molecular weight is 309 g/mol. The van der Waals surface area contributed by atoms with Crippen LogP contribution in [0.2, 0.25) is 0 Å². The first kappa shape index (κ1) is 15.4. The van der Waals surface area contributed by atoms with Crippen molar-refractivity contribution in [3.8, 4) is 5.75 Å². The van der Waals surface area contributed by atoms with Gasteiger partial charge in [-0.1, -0.05) is 24.3 Å². The lowest BCUT2D eigenvalue weighted by molar-refractivity contribution is -0.105. The minimum absolute atomic E-state index is 0.110. The van der Waals surface area contributed by atoms with E-state index >= 15 is 0 Å². The quantitative estimate of drug-likeness (QED) is 0.621. The van der Waals surface area contributed by atoms with Gasteiger partial charge in [0, 0.05) is 12.6 Å². The summed E-state index contributed by atoms with van der Waals surface area (Å²) in [6, 6.07) is 12.9. The maximum absolute atomic E-state index is 12.0. The summed E-state index contributed by atoms with van der Waals surface area (Å²) in [4.78, 5) is 16.0. The molecular weight excluding hydrogens is 290 g/mol. The molecular formula is C19H19NO3. The number of hydrogen-bond acceptors (Lipinski definition) is 4. The van der Waals surface area contributed by atoms with E-state index in [2.05, 4.69) is 4.98 Å². The molecule has 0 spiro atoms. The number of hydrogen-bond donors (Lipinski definition) is 0. The predicted octanol–water partition coefficient (Wildman–Crippen LogP) is 3.88. The number of pyridine rings is 1. The molecule has 1 atom stereocenters. The molecule has 118 valence electrons. The van der Waals surface area contributed by atoms with Crippen LogP contribution in [0.15, 0.2) is 54.7 Å². The van der Waals surface area contributed by atoms with Crippen molar-refractivity contribution in [1.82, 2.24) is 4.98 Å². The van der Waals surface area contributed by atoms with E-state index in [0.29, 0.717) is 5.69 Å². The fourth-order valence-corrected chi connectivity index (χ4v) is 2.38. The highest BCUT2D eigenvalue weighted by Crippen LogP contribution is 2.20. The number of benzene rings is 1. The molecule has 0 aliphatic carbocycles. The Hall–Kier alpha value is -2.46. The van der Waals surface area contributed by atoms with E-state index in [4.69, 9.17) is 9.47 Å². The van der Waals surface area contributed by atoms with Crippen molar-refractivity contribution in [3.63, 3.8) is 0 Å². The molecule has 0 radical (unpaired) electrons. The van der Waals surface area contributed by atoms with Crippen LogP contribution in [0.25, 0.3) is 6.08 Å². The lowest BCUT2D eigenvalue weighted by Gasteiger charge is -2.23. The van der Waals surface area contributed by atoms with Gasteiger partial charge in [0.05, 0.1) is 6.61 Å². The number of carbonyl (C=O) groups is 1. The van der Waals surface area contributed by atoms with E-state index in [9.17, 15) is 4.79 Å². The third kappa shape index (κ3) is 4.50. The minimum atomic E-state index is -0.143. The number of nitrogens with zero attached hydrogens (tertiary/aromatic N) is 1. The largest absolute Gasteiger partial charge is 0.465 e. The highest BCUT2D eigenvalue weighted by molar-refractivity contribution is 6.05. The molecule has 23 heavy (non-hydrogen) atoms. The van der Waals surface area contributed by atoms with Crippen LogP contribution >= 0.6 is 0 Å². The van der Waals surface area contributed by atoms with E-state index in [1.54, 1.807) is 30.5 Å². The van der Waals surface area contributed by atoms with Gasteiger partial charge in [0.1, 0.15) is 11.4 Å². The minimum Gasteiger partial charge on any atom is -0.465 e. The predicted molar refractivity (Wildman–Crippen MR) is 88.3 cm³/mol. The highest BCUT2D eigenvalue weighted by atomic mass is 16.7. The maximum Gasteiger partial charge on any atom is 0.204 e. The molecule has 1 fully saturated rings. The summed E-state index contributed by atoms with van der Waals surface area (Å²) in [6.07, 6.45) is 7.95. The molecule has 1 unspecified atom stereocenters. The summed E-state index contributed by atoms with van der Waals surface area (Å²) >= 11 is 0. The Balaban J connectivity index is 1.58. The van der Waals surface area contributed by atoms with E-state index in [1.165, 1.54) is 6.08 Å². The van der Waals surface area contributed by atoms with E-state index in [1.807, 2.05) is 24.3 Å². The Bertz CT molecular complexity index is 659. The molecule has 2 aromatic rings. The second-order valence-corrected chi connectivity index (χ2v) is 5.40. The van der Waals surface area contributed by atoms with E-state index in [0.717, 1.165) is 37.2 Å². The van der Waals surface area contributed by atoms with Gasteiger partial charge in [-0.15, -0.1) is 0 Å². The van der Waals surface area contributed by atoms with E-state index < -0.39 is 0 Å². The normalized spacial score (nSPS) is 18.0. The summed E-state index contributed by atoms with van der Waals surface area (Å²) in [7, 11) is 0. The molecule has 4 heteroatoms. The van der Waals surface area contributed by atoms with Gasteiger partial charge in [-0.3, -0.25) is 9.78 Å². The maximum atomic E-state index is 12.0. The van der Waals surface area contributed by atoms with Crippen LogP contribution in [0.5, 0.6) is 5.75 Å². The van der Waals surface area contributed by atoms with Crippen molar-refractivity contribution in [2.75, 3.05) is 6.61 Å². The van der Waals surface area contributed by atoms with Gasteiger partial charge < -0.3 is 9.47 Å². The number of aromatic nitrogens is 1. The number of ether oxygens (including phenoxy) is 2. The molecule has 1 saturated heterocycles. The topological polar surface area (TPSA) is 48.4 Å². The van der Waals surface area contributed by atoms with Gasteiger partial charge in [-0.25, -0.2) is 0 Å². The first-order valence-corrected chi connectivity index (χ1v) is 7.83. The Kier molecular flexibility index (Phi) is 5.17. The molecule has 1 aliphatic heterocycles. The molecule has 0 amide bonds. The van der Waals surface area contributed by atoms with Crippen LogP contribution in [0, 0.1) is 0 Å². The Labute approximate surface area is 135 Å². The summed E-state index contributed by atoms with van der Waals surface area (Å²) in [5.74, 6) is 0.673. The van der Waals surface area contributed by atoms with Gasteiger partial charge >= 0.3 is 0 Å². The van der Waals surface area contributed by atoms with E-state index in [-0.39, 0.29) is 12.1 Å².